The number of halogens is 2. The molecular weight excluding hydrogens is 315 g/mol. The van der Waals surface area contributed by atoms with Crippen molar-refractivity contribution in [1.29, 1.82) is 0 Å². The number of hydrogen-bond acceptors (Lipinski definition) is 5. The Bertz CT molecular complexity index is 529. The quantitative estimate of drug-likeness (QED) is 0.567. The lowest BCUT2D eigenvalue weighted by Crippen LogP contribution is -2.47. The van der Waals surface area contributed by atoms with Crippen molar-refractivity contribution in [2.24, 2.45) is 0 Å². The van der Waals surface area contributed by atoms with Gasteiger partial charge in [0.05, 0.1) is 20.3 Å². The standard InChI is InChI=1S/C15H18ClFO5/c1-4-21-13(18)15(17,14(19)22-5-2)9-10-8-11(16)6-7-12(10)20-3/h6-8H,4-5,9H2,1-3H3. The van der Waals surface area contributed by atoms with Gasteiger partial charge in [0.1, 0.15) is 5.75 Å². The third-order valence-corrected chi connectivity index (χ3v) is 3.11. The average molecular weight is 333 g/mol. The molecule has 0 aliphatic heterocycles. The Morgan fingerprint density at radius 3 is 2.18 bits per heavy atom. The van der Waals surface area contributed by atoms with E-state index in [0.29, 0.717) is 10.8 Å². The minimum atomic E-state index is -2.95. The maximum Gasteiger partial charge on any atom is 0.356 e. The van der Waals surface area contributed by atoms with Gasteiger partial charge < -0.3 is 14.2 Å². The number of carbonyl (C=O) groups excluding carboxylic acids is 2. The highest BCUT2D eigenvalue weighted by Gasteiger charge is 2.50. The Morgan fingerprint density at radius 1 is 1.18 bits per heavy atom. The summed E-state index contributed by atoms with van der Waals surface area (Å²) < 4.78 is 29.5. The average Bonchev–Trinajstić information content (AvgIpc) is 2.47. The van der Waals surface area contributed by atoms with Gasteiger partial charge in [-0.15, -0.1) is 0 Å². The molecular formula is C15H18ClFO5. The van der Waals surface area contributed by atoms with Gasteiger partial charge in [-0.1, -0.05) is 11.6 Å². The first-order valence-corrected chi connectivity index (χ1v) is 7.12. The van der Waals surface area contributed by atoms with Crippen molar-refractivity contribution >= 4 is 23.5 Å². The molecule has 0 fully saturated rings. The lowest BCUT2D eigenvalue weighted by Gasteiger charge is -2.22. The third kappa shape index (κ3) is 4.10. The van der Waals surface area contributed by atoms with Crippen molar-refractivity contribution in [2.75, 3.05) is 20.3 Å². The number of esters is 2. The summed E-state index contributed by atoms with van der Waals surface area (Å²) in [4.78, 5) is 23.8. The Labute approximate surface area is 133 Å². The van der Waals surface area contributed by atoms with Crippen molar-refractivity contribution < 1.29 is 28.2 Å². The summed E-state index contributed by atoms with van der Waals surface area (Å²) in [7, 11) is 1.39. The van der Waals surface area contributed by atoms with Crippen LogP contribution in [0.2, 0.25) is 5.02 Å². The van der Waals surface area contributed by atoms with Crippen LogP contribution in [0.15, 0.2) is 18.2 Å². The number of ether oxygens (including phenoxy) is 3. The summed E-state index contributed by atoms with van der Waals surface area (Å²) in [5, 5.41) is 0.325. The van der Waals surface area contributed by atoms with E-state index in [1.807, 2.05) is 0 Å². The van der Waals surface area contributed by atoms with E-state index in [4.69, 9.17) is 16.3 Å². The van der Waals surface area contributed by atoms with E-state index < -0.39 is 24.0 Å². The molecule has 22 heavy (non-hydrogen) atoms. The van der Waals surface area contributed by atoms with Crippen molar-refractivity contribution in [2.45, 2.75) is 25.9 Å². The van der Waals surface area contributed by atoms with E-state index >= 15 is 4.39 Å². The van der Waals surface area contributed by atoms with Gasteiger partial charge >= 0.3 is 17.6 Å². The molecule has 0 unspecified atom stereocenters. The zero-order chi connectivity index (χ0) is 16.8. The van der Waals surface area contributed by atoms with Crippen LogP contribution in [0, 0.1) is 0 Å². The molecule has 5 nitrogen and oxygen atoms in total. The van der Waals surface area contributed by atoms with Gasteiger partial charge in [-0.05, 0) is 37.6 Å². The molecule has 0 saturated heterocycles. The molecule has 0 heterocycles. The smallest absolute Gasteiger partial charge is 0.356 e. The molecule has 0 bridgehead atoms. The number of carbonyl (C=O) groups is 2. The van der Waals surface area contributed by atoms with Gasteiger partial charge in [-0.25, -0.2) is 14.0 Å². The summed E-state index contributed by atoms with van der Waals surface area (Å²) in [6.45, 7) is 2.92. The summed E-state index contributed by atoms with van der Waals surface area (Å²) in [5.74, 6) is -2.29. The van der Waals surface area contributed by atoms with E-state index in [9.17, 15) is 9.59 Å². The molecule has 0 amide bonds. The summed E-state index contributed by atoms with van der Waals surface area (Å²) in [5.41, 5.74) is -2.69. The lowest BCUT2D eigenvalue weighted by molar-refractivity contribution is -0.174. The molecule has 0 N–H and O–H groups in total. The molecule has 1 rings (SSSR count). The lowest BCUT2D eigenvalue weighted by atomic mass is 9.95. The first-order chi connectivity index (χ1) is 10.4. The highest BCUT2D eigenvalue weighted by molar-refractivity contribution is 6.30. The van der Waals surface area contributed by atoms with E-state index in [2.05, 4.69) is 9.47 Å². The molecule has 1 aromatic carbocycles. The molecule has 7 heteroatoms. The highest BCUT2D eigenvalue weighted by Crippen LogP contribution is 2.30. The zero-order valence-corrected chi connectivity index (χ0v) is 13.4. The van der Waals surface area contributed by atoms with Crippen LogP contribution in [0.1, 0.15) is 19.4 Å². The van der Waals surface area contributed by atoms with E-state index in [1.165, 1.54) is 33.1 Å². The minimum Gasteiger partial charge on any atom is -0.496 e. The Balaban J connectivity index is 3.21. The SMILES string of the molecule is CCOC(=O)C(F)(Cc1cc(Cl)ccc1OC)C(=O)OCC. The fraction of sp³-hybridized carbons (Fsp3) is 0.467. The molecule has 0 radical (unpaired) electrons. The number of alkyl halides is 1. The molecule has 0 aromatic heterocycles. The summed E-state index contributed by atoms with van der Waals surface area (Å²) in [6.07, 6.45) is -0.589. The van der Waals surface area contributed by atoms with Crippen molar-refractivity contribution in [3.8, 4) is 5.75 Å². The van der Waals surface area contributed by atoms with Crippen molar-refractivity contribution in [1.82, 2.24) is 0 Å². The van der Waals surface area contributed by atoms with Crippen LogP contribution < -0.4 is 4.74 Å². The Kier molecular flexibility index (Phi) is 6.61. The van der Waals surface area contributed by atoms with Crippen LogP contribution in [0.3, 0.4) is 0 Å². The van der Waals surface area contributed by atoms with Gasteiger partial charge in [-0.3, -0.25) is 0 Å². The molecule has 0 aliphatic rings. The van der Waals surface area contributed by atoms with Crippen molar-refractivity contribution in [3.05, 3.63) is 28.8 Å². The second-order valence-corrected chi connectivity index (χ2v) is 4.81. The van der Waals surface area contributed by atoms with Crippen LogP contribution in [-0.4, -0.2) is 37.9 Å². The Hall–Kier alpha value is -1.82. The number of rotatable bonds is 7. The molecule has 1 aromatic rings. The van der Waals surface area contributed by atoms with Gasteiger partial charge in [-0.2, -0.15) is 0 Å². The predicted molar refractivity (Wildman–Crippen MR) is 78.8 cm³/mol. The van der Waals surface area contributed by atoms with Gasteiger partial charge in [0.15, 0.2) is 0 Å². The van der Waals surface area contributed by atoms with Gasteiger partial charge in [0.25, 0.3) is 0 Å². The van der Waals surface area contributed by atoms with E-state index in [1.54, 1.807) is 6.07 Å². The van der Waals surface area contributed by atoms with Crippen LogP contribution in [0.5, 0.6) is 5.75 Å². The van der Waals surface area contributed by atoms with Crippen LogP contribution >= 0.6 is 11.6 Å². The number of benzene rings is 1. The van der Waals surface area contributed by atoms with E-state index in [-0.39, 0.29) is 18.8 Å². The second kappa shape index (κ2) is 7.98. The minimum absolute atomic E-state index is 0.0589. The first kappa shape index (κ1) is 18.2. The largest absolute Gasteiger partial charge is 0.496 e. The second-order valence-electron chi connectivity index (χ2n) is 4.38. The van der Waals surface area contributed by atoms with Gasteiger partial charge in [0, 0.05) is 11.4 Å². The summed E-state index contributed by atoms with van der Waals surface area (Å²) >= 11 is 5.87. The maximum atomic E-state index is 15.0. The molecule has 122 valence electrons. The number of hydrogen-bond donors (Lipinski definition) is 0. The Morgan fingerprint density at radius 2 is 1.73 bits per heavy atom. The van der Waals surface area contributed by atoms with Crippen molar-refractivity contribution in [3.63, 3.8) is 0 Å². The highest BCUT2D eigenvalue weighted by atomic mass is 35.5. The molecule has 0 aliphatic carbocycles. The third-order valence-electron chi connectivity index (χ3n) is 2.87. The molecule has 0 atom stereocenters. The summed E-state index contributed by atoms with van der Waals surface area (Å²) in [6, 6.07) is 4.50. The van der Waals surface area contributed by atoms with Gasteiger partial charge in [0.2, 0.25) is 0 Å². The van der Waals surface area contributed by atoms with Crippen LogP contribution in [-0.2, 0) is 25.5 Å². The van der Waals surface area contributed by atoms with Crippen LogP contribution in [0.4, 0.5) is 4.39 Å². The molecule has 0 saturated carbocycles. The normalized spacial score (nSPS) is 11.0. The fourth-order valence-electron chi connectivity index (χ4n) is 1.87. The number of methoxy groups -OCH3 is 1. The predicted octanol–water partition coefficient (Wildman–Crippen LogP) is 2.73. The first-order valence-electron chi connectivity index (χ1n) is 6.74. The molecule has 0 spiro atoms. The monoisotopic (exact) mass is 332 g/mol. The fourth-order valence-corrected chi connectivity index (χ4v) is 2.06. The topological polar surface area (TPSA) is 61.8 Å². The zero-order valence-electron chi connectivity index (χ0n) is 12.7. The van der Waals surface area contributed by atoms with E-state index in [0.717, 1.165) is 0 Å². The van der Waals surface area contributed by atoms with Crippen LogP contribution in [0.25, 0.3) is 0 Å². The maximum absolute atomic E-state index is 15.0.